The van der Waals surface area contributed by atoms with Crippen LogP contribution in [0.1, 0.15) is 12.0 Å². The molecule has 0 aliphatic heterocycles. The number of carbonyl (C=O) groups excluding carboxylic acids is 1. The van der Waals surface area contributed by atoms with E-state index in [-0.39, 0.29) is 5.91 Å². The Morgan fingerprint density at radius 3 is 2.65 bits per heavy atom. The third kappa shape index (κ3) is 5.89. The molecule has 1 aromatic carbocycles. The molecule has 0 saturated heterocycles. The second kappa shape index (κ2) is 7.65. The minimum Gasteiger partial charge on any atom is -0.399 e. The van der Waals surface area contributed by atoms with E-state index in [0.717, 1.165) is 11.3 Å². The van der Waals surface area contributed by atoms with Crippen LogP contribution in [0.25, 0.3) is 0 Å². The third-order valence-electron chi connectivity index (χ3n) is 2.20. The van der Waals surface area contributed by atoms with Crippen molar-refractivity contribution in [2.45, 2.75) is 12.8 Å². The molecule has 17 heavy (non-hydrogen) atoms. The van der Waals surface area contributed by atoms with Crippen molar-refractivity contribution in [3.63, 3.8) is 0 Å². The molecule has 94 valence electrons. The van der Waals surface area contributed by atoms with Gasteiger partial charge in [-0.1, -0.05) is 12.1 Å². The van der Waals surface area contributed by atoms with Crippen molar-refractivity contribution < 1.29 is 14.4 Å². The van der Waals surface area contributed by atoms with Crippen LogP contribution in [-0.4, -0.2) is 26.2 Å². The van der Waals surface area contributed by atoms with Gasteiger partial charge in [-0.15, -0.1) is 0 Å². The molecule has 0 spiro atoms. The zero-order valence-electron chi connectivity index (χ0n) is 9.94. The molecule has 0 saturated carbocycles. The lowest BCUT2D eigenvalue weighted by molar-refractivity contribution is -0.134. The molecular formula is C12H18N2O3. The summed E-state index contributed by atoms with van der Waals surface area (Å²) in [7, 11) is 1.58. The predicted molar refractivity (Wildman–Crippen MR) is 65.1 cm³/mol. The Kier molecular flexibility index (Phi) is 6.06. The zero-order chi connectivity index (χ0) is 12.5. The lowest BCUT2D eigenvalue weighted by atomic mass is 10.1. The van der Waals surface area contributed by atoms with E-state index < -0.39 is 0 Å². The van der Waals surface area contributed by atoms with E-state index >= 15 is 0 Å². The normalized spacial score (nSPS) is 10.2. The van der Waals surface area contributed by atoms with Gasteiger partial charge in [0.15, 0.2) is 0 Å². The second-order valence-electron chi connectivity index (χ2n) is 3.61. The SMILES string of the molecule is COCCONC(=O)CCc1ccc(N)cc1. The van der Waals surface area contributed by atoms with Gasteiger partial charge in [-0.2, -0.15) is 0 Å². The van der Waals surface area contributed by atoms with Crippen molar-refractivity contribution in [2.75, 3.05) is 26.1 Å². The molecule has 0 fully saturated rings. The maximum Gasteiger partial charge on any atom is 0.243 e. The standard InChI is InChI=1S/C12H18N2O3/c1-16-8-9-17-14-12(15)7-4-10-2-5-11(13)6-3-10/h2-3,5-6H,4,7-9,13H2,1H3,(H,14,15). The summed E-state index contributed by atoms with van der Waals surface area (Å²) in [5, 5.41) is 0. The molecule has 0 bridgehead atoms. The number of amides is 1. The van der Waals surface area contributed by atoms with Gasteiger partial charge in [0.25, 0.3) is 0 Å². The van der Waals surface area contributed by atoms with Crippen LogP contribution in [0.5, 0.6) is 0 Å². The molecule has 0 radical (unpaired) electrons. The smallest absolute Gasteiger partial charge is 0.243 e. The molecule has 1 amide bonds. The summed E-state index contributed by atoms with van der Waals surface area (Å²) in [6.45, 7) is 0.808. The summed E-state index contributed by atoms with van der Waals surface area (Å²) in [5.41, 5.74) is 9.72. The minimum absolute atomic E-state index is 0.141. The molecule has 0 atom stereocenters. The summed E-state index contributed by atoms with van der Waals surface area (Å²) in [6, 6.07) is 7.47. The molecule has 1 rings (SSSR count). The molecule has 0 aromatic heterocycles. The molecule has 3 N–H and O–H groups in total. The topological polar surface area (TPSA) is 73.6 Å². The zero-order valence-corrected chi connectivity index (χ0v) is 9.94. The quantitative estimate of drug-likeness (QED) is 0.420. The number of methoxy groups -OCH3 is 1. The number of hydrogen-bond donors (Lipinski definition) is 2. The number of aryl methyl sites for hydroxylation is 1. The molecule has 0 aliphatic rings. The molecule has 5 nitrogen and oxygen atoms in total. The fourth-order valence-electron chi connectivity index (χ4n) is 1.25. The van der Waals surface area contributed by atoms with Gasteiger partial charge in [-0.05, 0) is 24.1 Å². The highest BCUT2D eigenvalue weighted by atomic mass is 16.7. The largest absolute Gasteiger partial charge is 0.399 e. The van der Waals surface area contributed by atoms with Crippen LogP contribution in [0.3, 0.4) is 0 Å². The number of benzene rings is 1. The van der Waals surface area contributed by atoms with Crippen LogP contribution >= 0.6 is 0 Å². The highest BCUT2D eigenvalue weighted by molar-refractivity contribution is 5.75. The predicted octanol–water partition coefficient (Wildman–Crippen LogP) is 0.896. The first-order valence-corrected chi connectivity index (χ1v) is 5.46. The number of hydrogen-bond acceptors (Lipinski definition) is 4. The minimum atomic E-state index is -0.141. The summed E-state index contributed by atoms with van der Waals surface area (Å²) >= 11 is 0. The average molecular weight is 238 g/mol. The average Bonchev–Trinajstić information content (AvgIpc) is 2.34. The number of hydroxylamine groups is 1. The van der Waals surface area contributed by atoms with Gasteiger partial charge in [0.05, 0.1) is 13.2 Å². The van der Waals surface area contributed by atoms with Crippen LogP contribution in [0.4, 0.5) is 5.69 Å². The first-order chi connectivity index (χ1) is 8.22. The number of nitrogen functional groups attached to an aromatic ring is 1. The molecular weight excluding hydrogens is 220 g/mol. The Labute approximate surface area is 101 Å². The van der Waals surface area contributed by atoms with Crippen LogP contribution in [0.2, 0.25) is 0 Å². The maximum absolute atomic E-state index is 11.3. The van der Waals surface area contributed by atoms with Crippen LogP contribution in [-0.2, 0) is 20.8 Å². The lowest BCUT2D eigenvalue weighted by Crippen LogP contribution is -2.25. The number of anilines is 1. The van der Waals surface area contributed by atoms with Crippen molar-refractivity contribution in [1.82, 2.24) is 5.48 Å². The molecule has 0 aliphatic carbocycles. The van der Waals surface area contributed by atoms with Crippen molar-refractivity contribution in [3.05, 3.63) is 29.8 Å². The fourth-order valence-corrected chi connectivity index (χ4v) is 1.25. The van der Waals surface area contributed by atoms with Gasteiger partial charge in [-0.3, -0.25) is 9.63 Å². The van der Waals surface area contributed by atoms with E-state index in [0.29, 0.717) is 26.1 Å². The van der Waals surface area contributed by atoms with E-state index in [4.69, 9.17) is 15.3 Å². The van der Waals surface area contributed by atoms with E-state index in [1.54, 1.807) is 7.11 Å². The highest BCUT2D eigenvalue weighted by Crippen LogP contribution is 2.07. The Morgan fingerprint density at radius 1 is 1.29 bits per heavy atom. The summed E-state index contributed by atoms with van der Waals surface area (Å²) < 4.78 is 4.78. The Hall–Kier alpha value is -1.59. The molecule has 0 unspecified atom stereocenters. The summed E-state index contributed by atoms with van der Waals surface area (Å²) in [4.78, 5) is 16.2. The molecule has 0 heterocycles. The van der Waals surface area contributed by atoms with E-state index in [2.05, 4.69) is 5.48 Å². The van der Waals surface area contributed by atoms with Crippen LogP contribution in [0, 0.1) is 0 Å². The van der Waals surface area contributed by atoms with Crippen molar-refractivity contribution in [2.24, 2.45) is 0 Å². The van der Waals surface area contributed by atoms with Crippen molar-refractivity contribution in [3.8, 4) is 0 Å². The number of carbonyl (C=O) groups is 1. The van der Waals surface area contributed by atoms with E-state index in [1.165, 1.54) is 0 Å². The van der Waals surface area contributed by atoms with Crippen LogP contribution < -0.4 is 11.2 Å². The van der Waals surface area contributed by atoms with Gasteiger partial charge in [0, 0.05) is 19.2 Å². The fraction of sp³-hybridized carbons (Fsp3) is 0.417. The van der Waals surface area contributed by atoms with Crippen molar-refractivity contribution in [1.29, 1.82) is 0 Å². The number of rotatable bonds is 7. The maximum atomic E-state index is 11.3. The Balaban J connectivity index is 2.17. The number of ether oxygens (including phenoxy) is 1. The van der Waals surface area contributed by atoms with Crippen LogP contribution in [0.15, 0.2) is 24.3 Å². The van der Waals surface area contributed by atoms with Gasteiger partial charge < -0.3 is 10.5 Å². The molecule has 1 aromatic rings. The van der Waals surface area contributed by atoms with E-state index in [1.807, 2.05) is 24.3 Å². The number of nitrogens with one attached hydrogen (secondary N) is 1. The Morgan fingerprint density at radius 2 is 2.00 bits per heavy atom. The van der Waals surface area contributed by atoms with Gasteiger partial charge in [-0.25, -0.2) is 5.48 Å². The number of nitrogens with two attached hydrogens (primary N) is 1. The monoisotopic (exact) mass is 238 g/mol. The highest BCUT2D eigenvalue weighted by Gasteiger charge is 2.01. The second-order valence-corrected chi connectivity index (χ2v) is 3.61. The first kappa shape index (κ1) is 13.5. The third-order valence-corrected chi connectivity index (χ3v) is 2.20. The first-order valence-electron chi connectivity index (χ1n) is 5.46. The summed E-state index contributed by atoms with van der Waals surface area (Å²) in [6.07, 6.45) is 1.05. The van der Waals surface area contributed by atoms with Gasteiger partial charge in [0.2, 0.25) is 5.91 Å². The molecule has 5 heteroatoms. The Bertz CT molecular complexity index is 338. The van der Waals surface area contributed by atoms with Crippen molar-refractivity contribution >= 4 is 11.6 Å². The van der Waals surface area contributed by atoms with Gasteiger partial charge >= 0.3 is 0 Å². The lowest BCUT2D eigenvalue weighted by Gasteiger charge is -2.05. The van der Waals surface area contributed by atoms with Gasteiger partial charge in [0.1, 0.15) is 0 Å². The summed E-state index contributed by atoms with van der Waals surface area (Å²) in [5.74, 6) is -0.141. The van der Waals surface area contributed by atoms with E-state index in [9.17, 15) is 4.79 Å².